The van der Waals surface area contributed by atoms with Gasteiger partial charge < -0.3 is 4.74 Å². The summed E-state index contributed by atoms with van der Waals surface area (Å²) in [5, 5.41) is 0.710. The minimum atomic E-state index is 0. The van der Waals surface area contributed by atoms with Crippen LogP contribution in [0.15, 0.2) is 11.6 Å². The minimum Gasteiger partial charge on any atom is -0.380 e. The fourth-order valence-electron chi connectivity index (χ4n) is 1.38. The predicted octanol–water partition coefficient (Wildman–Crippen LogP) is 1.88. The van der Waals surface area contributed by atoms with E-state index >= 15 is 0 Å². The summed E-state index contributed by atoms with van der Waals surface area (Å²) in [4.78, 5) is 2.25. The van der Waals surface area contributed by atoms with Gasteiger partial charge >= 0.3 is 0 Å². The molecule has 12 heavy (non-hydrogen) atoms. The number of rotatable bonds is 3. The van der Waals surface area contributed by atoms with Crippen LogP contribution in [0, 0.1) is 0 Å². The molecule has 1 aliphatic heterocycles. The molecule has 0 N–H and O–H groups in total. The van der Waals surface area contributed by atoms with E-state index in [2.05, 4.69) is 11.5 Å². The molecule has 0 spiro atoms. The van der Waals surface area contributed by atoms with Gasteiger partial charge in [0.25, 0.3) is 0 Å². The van der Waals surface area contributed by atoms with E-state index in [1.165, 1.54) is 0 Å². The lowest BCUT2D eigenvalue weighted by molar-refractivity contribution is 0.109. The van der Waals surface area contributed by atoms with Gasteiger partial charge in [0.2, 0.25) is 0 Å². The Morgan fingerprint density at radius 2 is 2.42 bits per heavy atom. The van der Waals surface area contributed by atoms with Crippen molar-refractivity contribution >= 4 is 24.0 Å². The van der Waals surface area contributed by atoms with Crippen molar-refractivity contribution in [3.8, 4) is 0 Å². The number of halogens is 2. The Morgan fingerprint density at radius 3 is 2.83 bits per heavy atom. The summed E-state index contributed by atoms with van der Waals surface area (Å²) < 4.78 is 5.21. The van der Waals surface area contributed by atoms with Crippen molar-refractivity contribution in [1.82, 2.24) is 4.90 Å². The number of hydrogen-bond donors (Lipinski definition) is 0. The van der Waals surface area contributed by atoms with Crippen molar-refractivity contribution in [3.05, 3.63) is 11.6 Å². The first kappa shape index (κ1) is 12.2. The van der Waals surface area contributed by atoms with Gasteiger partial charge in [-0.1, -0.05) is 18.2 Å². The molecule has 0 bridgehead atoms. The lowest BCUT2D eigenvalue weighted by atomic mass is 10.3. The van der Waals surface area contributed by atoms with E-state index in [0.717, 1.165) is 26.1 Å². The van der Waals surface area contributed by atoms with Gasteiger partial charge in [0.05, 0.1) is 6.10 Å². The normalized spacial score (nSPS) is 23.7. The third kappa shape index (κ3) is 3.76. The molecule has 1 saturated heterocycles. The Labute approximate surface area is 84.9 Å². The van der Waals surface area contributed by atoms with Crippen molar-refractivity contribution in [1.29, 1.82) is 0 Å². The second-order valence-electron chi connectivity index (χ2n) is 2.90. The number of methoxy groups -OCH3 is 1. The lowest BCUT2D eigenvalue weighted by Crippen LogP contribution is -2.23. The fraction of sp³-hybridized carbons (Fsp3) is 0.750. The molecule has 0 unspecified atom stereocenters. The van der Waals surface area contributed by atoms with E-state index in [9.17, 15) is 0 Å². The highest BCUT2D eigenvalue weighted by molar-refractivity contribution is 6.29. The van der Waals surface area contributed by atoms with Crippen molar-refractivity contribution in [2.75, 3.05) is 26.7 Å². The summed E-state index contributed by atoms with van der Waals surface area (Å²) in [6, 6.07) is 0. The van der Waals surface area contributed by atoms with Gasteiger partial charge in [-0.15, -0.1) is 12.4 Å². The number of hydrogen-bond acceptors (Lipinski definition) is 2. The molecule has 1 atom stereocenters. The first-order valence-corrected chi connectivity index (χ1v) is 4.18. The molecule has 2 nitrogen and oxygen atoms in total. The maximum Gasteiger partial charge on any atom is 0.0710 e. The Morgan fingerprint density at radius 1 is 1.75 bits per heavy atom. The summed E-state index contributed by atoms with van der Waals surface area (Å²) in [5.74, 6) is 0. The van der Waals surface area contributed by atoms with Crippen molar-refractivity contribution in [2.45, 2.75) is 12.5 Å². The SMILES string of the molecule is C=C(Cl)CN1CC[C@H](OC)C1.Cl. The van der Waals surface area contributed by atoms with Gasteiger partial charge in [-0.3, -0.25) is 4.90 Å². The van der Waals surface area contributed by atoms with Crippen molar-refractivity contribution in [2.24, 2.45) is 0 Å². The van der Waals surface area contributed by atoms with Gasteiger partial charge in [-0.05, 0) is 6.42 Å². The minimum absolute atomic E-state index is 0. The van der Waals surface area contributed by atoms with Crippen LogP contribution in [0.25, 0.3) is 0 Å². The van der Waals surface area contributed by atoms with E-state index in [4.69, 9.17) is 16.3 Å². The molecule has 0 aliphatic carbocycles. The second kappa shape index (κ2) is 5.81. The van der Waals surface area contributed by atoms with Gasteiger partial charge in [0.1, 0.15) is 0 Å². The maximum absolute atomic E-state index is 5.67. The summed E-state index contributed by atoms with van der Waals surface area (Å²) >= 11 is 5.67. The molecule has 0 amide bonds. The van der Waals surface area contributed by atoms with Gasteiger partial charge in [0.15, 0.2) is 0 Å². The molecule has 0 aromatic heterocycles. The lowest BCUT2D eigenvalue weighted by Gasteiger charge is -2.13. The number of likely N-dealkylation sites (tertiary alicyclic amines) is 1. The number of ether oxygens (including phenoxy) is 1. The Balaban J connectivity index is 0.00000121. The summed E-state index contributed by atoms with van der Waals surface area (Å²) in [5.41, 5.74) is 0. The highest BCUT2D eigenvalue weighted by Crippen LogP contribution is 2.13. The maximum atomic E-state index is 5.67. The quantitative estimate of drug-likeness (QED) is 0.708. The van der Waals surface area contributed by atoms with Crippen LogP contribution in [-0.2, 0) is 4.74 Å². The largest absolute Gasteiger partial charge is 0.380 e. The molecule has 0 aromatic carbocycles. The molecule has 0 aromatic rings. The van der Waals surface area contributed by atoms with Crippen LogP contribution in [0.3, 0.4) is 0 Å². The highest BCUT2D eigenvalue weighted by Gasteiger charge is 2.21. The van der Waals surface area contributed by atoms with Gasteiger partial charge in [-0.2, -0.15) is 0 Å². The molecular weight excluding hydrogens is 197 g/mol. The fourth-order valence-corrected chi connectivity index (χ4v) is 1.54. The first-order valence-electron chi connectivity index (χ1n) is 3.81. The summed E-state index contributed by atoms with van der Waals surface area (Å²) in [6.45, 7) is 6.51. The third-order valence-electron chi connectivity index (χ3n) is 1.96. The van der Waals surface area contributed by atoms with E-state index in [-0.39, 0.29) is 12.4 Å². The predicted molar refractivity (Wildman–Crippen MR) is 54.1 cm³/mol. The topological polar surface area (TPSA) is 12.5 Å². The summed E-state index contributed by atoms with van der Waals surface area (Å²) in [6.07, 6.45) is 1.51. The van der Waals surface area contributed by atoms with Gasteiger partial charge in [0, 0.05) is 31.8 Å². The standard InChI is InChI=1S/C8H14ClNO.ClH/c1-7(9)5-10-4-3-8(6-10)11-2;/h8H,1,3-6H2,2H3;1H/t8-;/m0./s1. The smallest absolute Gasteiger partial charge is 0.0710 e. The molecule has 72 valence electrons. The van der Waals surface area contributed by atoms with Crippen molar-refractivity contribution in [3.63, 3.8) is 0 Å². The van der Waals surface area contributed by atoms with Crippen LogP contribution in [0.2, 0.25) is 0 Å². The molecule has 1 rings (SSSR count). The third-order valence-corrected chi connectivity index (χ3v) is 2.08. The van der Waals surface area contributed by atoms with E-state index < -0.39 is 0 Å². The molecule has 0 saturated carbocycles. The molecule has 1 aliphatic rings. The summed E-state index contributed by atoms with van der Waals surface area (Å²) in [7, 11) is 1.75. The molecule has 1 fully saturated rings. The molecule has 1 heterocycles. The zero-order chi connectivity index (χ0) is 8.27. The first-order chi connectivity index (χ1) is 5.22. The Kier molecular flexibility index (Phi) is 5.93. The molecule has 4 heteroatoms. The van der Waals surface area contributed by atoms with Crippen LogP contribution in [0.5, 0.6) is 0 Å². The average molecular weight is 212 g/mol. The van der Waals surface area contributed by atoms with E-state index in [0.29, 0.717) is 11.1 Å². The molecular formula is C8H15Cl2NO. The zero-order valence-corrected chi connectivity index (χ0v) is 8.83. The molecule has 0 radical (unpaired) electrons. The Bertz CT molecular complexity index is 152. The van der Waals surface area contributed by atoms with Gasteiger partial charge in [-0.25, -0.2) is 0 Å². The van der Waals surface area contributed by atoms with Crippen LogP contribution in [0.4, 0.5) is 0 Å². The second-order valence-corrected chi connectivity index (χ2v) is 3.43. The van der Waals surface area contributed by atoms with Crippen LogP contribution >= 0.6 is 24.0 Å². The van der Waals surface area contributed by atoms with Crippen LogP contribution < -0.4 is 0 Å². The van der Waals surface area contributed by atoms with E-state index in [1.54, 1.807) is 7.11 Å². The van der Waals surface area contributed by atoms with E-state index in [1.807, 2.05) is 0 Å². The monoisotopic (exact) mass is 211 g/mol. The van der Waals surface area contributed by atoms with Crippen LogP contribution in [0.1, 0.15) is 6.42 Å². The zero-order valence-electron chi connectivity index (χ0n) is 7.25. The average Bonchev–Trinajstić information content (AvgIpc) is 2.34. The highest BCUT2D eigenvalue weighted by atomic mass is 35.5. The Hall–Kier alpha value is 0.240. The van der Waals surface area contributed by atoms with Crippen LogP contribution in [-0.4, -0.2) is 37.7 Å². The van der Waals surface area contributed by atoms with Crippen molar-refractivity contribution < 1.29 is 4.74 Å². The number of nitrogens with zero attached hydrogens (tertiary/aromatic N) is 1.